The average Bonchev–Trinajstić information content (AvgIpc) is 3.02. The normalized spacial score (nSPS) is 44.3. The Morgan fingerprint density at radius 1 is 1.09 bits per heavy atom. The molecule has 0 radical (unpaired) electrons. The van der Waals surface area contributed by atoms with Gasteiger partial charge < -0.3 is 34.2 Å². The molecular weight excluding hydrogens is 306 g/mol. The minimum atomic E-state index is -1.33. The van der Waals surface area contributed by atoms with E-state index in [-0.39, 0.29) is 12.5 Å². The standard InChI is InChI=1S/C15H25NO7/c1-13(2)19-7-8(20-13)10-11-12(23-14(3,4)21-11)15(16,22-10)6-9(17)18-5/h8,10-12H,6-7,16H2,1-5H3/t8-,10-,11+,12+,15+/m1/s1. The van der Waals surface area contributed by atoms with E-state index in [9.17, 15) is 4.79 Å². The van der Waals surface area contributed by atoms with Gasteiger partial charge in [-0.1, -0.05) is 0 Å². The van der Waals surface area contributed by atoms with Gasteiger partial charge in [0.15, 0.2) is 17.3 Å². The second-order valence-corrected chi connectivity index (χ2v) is 7.18. The van der Waals surface area contributed by atoms with E-state index < -0.39 is 41.6 Å². The van der Waals surface area contributed by atoms with Crippen LogP contribution in [0.15, 0.2) is 0 Å². The van der Waals surface area contributed by atoms with Crippen LogP contribution in [0.2, 0.25) is 0 Å². The van der Waals surface area contributed by atoms with Crippen molar-refractivity contribution in [3.05, 3.63) is 0 Å². The summed E-state index contributed by atoms with van der Waals surface area (Å²) in [7, 11) is 1.31. The second kappa shape index (κ2) is 5.37. The Kier molecular flexibility index (Phi) is 3.98. The molecule has 8 heteroatoms. The molecule has 3 fully saturated rings. The largest absolute Gasteiger partial charge is 0.469 e. The Hall–Kier alpha value is -0.770. The molecule has 0 aromatic heterocycles. The maximum absolute atomic E-state index is 11.7. The third-order valence-corrected chi connectivity index (χ3v) is 4.34. The van der Waals surface area contributed by atoms with Gasteiger partial charge in [0, 0.05) is 0 Å². The van der Waals surface area contributed by atoms with Gasteiger partial charge in [0.25, 0.3) is 0 Å². The van der Waals surface area contributed by atoms with E-state index in [2.05, 4.69) is 0 Å². The second-order valence-electron chi connectivity index (χ2n) is 7.18. The fourth-order valence-electron chi connectivity index (χ4n) is 3.40. The Labute approximate surface area is 135 Å². The summed E-state index contributed by atoms with van der Waals surface area (Å²) in [6, 6.07) is 0. The van der Waals surface area contributed by atoms with Crippen molar-refractivity contribution in [2.75, 3.05) is 13.7 Å². The van der Waals surface area contributed by atoms with Crippen LogP contribution < -0.4 is 5.73 Å². The summed E-state index contributed by atoms with van der Waals surface area (Å²) in [5.41, 5.74) is 5.02. The molecule has 0 spiro atoms. The summed E-state index contributed by atoms with van der Waals surface area (Å²) in [6.45, 7) is 7.63. The van der Waals surface area contributed by atoms with Crippen molar-refractivity contribution in [3.8, 4) is 0 Å². The van der Waals surface area contributed by atoms with Crippen molar-refractivity contribution in [1.82, 2.24) is 0 Å². The van der Waals surface area contributed by atoms with Gasteiger partial charge in [0.2, 0.25) is 0 Å². The van der Waals surface area contributed by atoms with Gasteiger partial charge >= 0.3 is 5.97 Å². The summed E-state index contributed by atoms with van der Waals surface area (Å²) in [5, 5.41) is 0. The van der Waals surface area contributed by atoms with Gasteiger partial charge in [-0.25, -0.2) is 0 Å². The molecule has 0 amide bonds. The van der Waals surface area contributed by atoms with Gasteiger partial charge in [-0.3, -0.25) is 4.79 Å². The van der Waals surface area contributed by atoms with Gasteiger partial charge in [-0.2, -0.15) is 0 Å². The number of methoxy groups -OCH3 is 1. The highest BCUT2D eigenvalue weighted by atomic mass is 16.8. The lowest BCUT2D eigenvalue weighted by Gasteiger charge is -2.31. The lowest BCUT2D eigenvalue weighted by Crippen LogP contribution is -2.53. The molecule has 0 saturated carbocycles. The molecular formula is C15H25NO7. The van der Waals surface area contributed by atoms with E-state index >= 15 is 0 Å². The number of rotatable bonds is 3. The first-order valence-electron chi connectivity index (χ1n) is 7.76. The SMILES string of the molecule is COC(=O)C[C@]1(N)O[C@H]([C@H]2COC(C)(C)O2)[C@@H]2OC(C)(C)O[C@@H]21. The Morgan fingerprint density at radius 2 is 1.78 bits per heavy atom. The Bertz CT molecular complexity index is 494. The first kappa shape index (κ1) is 17.1. The summed E-state index contributed by atoms with van der Waals surface area (Å²) in [5.74, 6) is -1.97. The number of carbonyl (C=O) groups excluding carboxylic acids is 1. The van der Waals surface area contributed by atoms with Gasteiger partial charge in [0.05, 0.1) is 20.1 Å². The van der Waals surface area contributed by atoms with Crippen LogP contribution in [0.25, 0.3) is 0 Å². The van der Waals surface area contributed by atoms with Crippen molar-refractivity contribution < 1.29 is 33.2 Å². The number of hydrogen-bond donors (Lipinski definition) is 1. The monoisotopic (exact) mass is 331 g/mol. The zero-order chi connectivity index (χ0) is 17.0. The molecule has 3 rings (SSSR count). The lowest BCUT2D eigenvalue weighted by molar-refractivity contribution is -0.228. The first-order chi connectivity index (χ1) is 10.6. The third-order valence-electron chi connectivity index (χ3n) is 4.34. The Balaban J connectivity index is 1.83. The molecule has 3 heterocycles. The lowest BCUT2D eigenvalue weighted by atomic mass is 9.99. The fraction of sp³-hybridized carbons (Fsp3) is 0.933. The molecule has 0 aromatic rings. The number of ether oxygens (including phenoxy) is 6. The predicted molar refractivity (Wildman–Crippen MR) is 77.2 cm³/mol. The van der Waals surface area contributed by atoms with Gasteiger partial charge in [-0.15, -0.1) is 0 Å². The predicted octanol–water partition coefficient (Wildman–Crippen LogP) is 0.275. The molecule has 3 aliphatic heterocycles. The highest BCUT2D eigenvalue weighted by Gasteiger charge is 2.64. The molecule has 0 bridgehead atoms. The minimum absolute atomic E-state index is 0.127. The molecule has 3 saturated heterocycles. The number of nitrogens with two attached hydrogens (primary N) is 1. The molecule has 0 unspecified atom stereocenters. The number of esters is 1. The number of fused-ring (bicyclic) bond motifs is 1. The molecule has 132 valence electrons. The van der Waals surface area contributed by atoms with E-state index in [1.54, 1.807) is 13.8 Å². The summed E-state index contributed by atoms with van der Waals surface area (Å²) in [6.07, 6.45) is -2.00. The molecule has 0 aliphatic carbocycles. The maximum atomic E-state index is 11.7. The van der Waals surface area contributed by atoms with E-state index in [0.29, 0.717) is 6.61 Å². The molecule has 8 nitrogen and oxygen atoms in total. The average molecular weight is 331 g/mol. The van der Waals surface area contributed by atoms with Crippen LogP contribution in [0.4, 0.5) is 0 Å². The van der Waals surface area contributed by atoms with Gasteiger partial charge in [0.1, 0.15) is 24.4 Å². The number of carbonyl (C=O) groups is 1. The molecule has 5 atom stereocenters. The smallest absolute Gasteiger partial charge is 0.309 e. The highest BCUT2D eigenvalue weighted by Crippen LogP contribution is 2.46. The maximum Gasteiger partial charge on any atom is 0.309 e. The van der Waals surface area contributed by atoms with Crippen molar-refractivity contribution >= 4 is 5.97 Å². The van der Waals surface area contributed by atoms with Gasteiger partial charge in [-0.05, 0) is 27.7 Å². The van der Waals surface area contributed by atoms with Crippen LogP contribution in [-0.2, 0) is 33.2 Å². The first-order valence-corrected chi connectivity index (χ1v) is 7.76. The fourth-order valence-corrected chi connectivity index (χ4v) is 3.40. The number of hydrogen-bond acceptors (Lipinski definition) is 8. The summed E-state index contributed by atoms with van der Waals surface area (Å²) in [4.78, 5) is 11.7. The third kappa shape index (κ3) is 3.11. The molecule has 0 aromatic carbocycles. The summed E-state index contributed by atoms with van der Waals surface area (Å²) >= 11 is 0. The van der Waals surface area contributed by atoms with E-state index in [0.717, 1.165) is 0 Å². The van der Waals surface area contributed by atoms with Crippen LogP contribution in [0.3, 0.4) is 0 Å². The van der Waals surface area contributed by atoms with Crippen LogP contribution in [-0.4, -0.2) is 61.4 Å². The van der Waals surface area contributed by atoms with Crippen LogP contribution in [0.1, 0.15) is 34.1 Å². The van der Waals surface area contributed by atoms with Crippen LogP contribution >= 0.6 is 0 Å². The highest BCUT2D eigenvalue weighted by molar-refractivity contribution is 5.70. The molecule has 2 N–H and O–H groups in total. The van der Waals surface area contributed by atoms with Crippen LogP contribution in [0, 0.1) is 0 Å². The molecule has 23 heavy (non-hydrogen) atoms. The summed E-state index contributed by atoms with van der Waals surface area (Å²) < 4.78 is 34.0. The quantitative estimate of drug-likeness (QED) is 0.736. The van der Waals surface area contributed by atoms with E-state index in [1.807, 2.05) is 13.8 Å². The van der Waals surface area contributed by atoms with Crippen molar-refractivity contribution in [1.29, 1.82) is 0 Å². The Morgan fingerprint density at radius 3 is 2.35 bits per heavy atom. The van der Waals surface area contributed by atoms with Crippen LogP contribution in [0.5, 0.6) is 0 Å². The van der Waals surface area contributed by atoms with Crippen molar-refractivity contribution in [2.45, 2.75) is 75.8 Å². The minimum Gasteiger partial charge on any atom is -0.469 e. The zero-order valence-corrected chi connectivity index (χ0v) is 14.2. The molecule has 3 aliphatic rings. The van der Waals surface area contributed by atoms with Crippen molar-refractivity contribution in [2.24, 2.45) is 5.73 Å². The topological polar surface area (TPSA) is 98.5 Å². The zero-order valence-electron chi connectivity index (χ0n) is 14.2. The van der Waals surface area contributed by atoms with E-state index in [4.69, 9.17) is 34.2 Å². The van der Waals surface area contributed by atoms with Crippen molar-refractivity contribution in [3.63, 3.8) is 0 Å². The van der Waals surface area contributed by atoms with E-state index in [1.165, 1.54) is 7.11 Å².